The van der Waals surface area contributed by atoms with Crippen molar-refractivity contribution in [3.8, 4) is 5.75 Å². The summed E-state index contributed by atoms with van der Waals surface area (Å²) in [6.45, 7) is 4.28. The summed E-state index contributed by atoms with van der Waals surface area (Å²) >= 11 is 3.42. The smallest absolute Gasteiger partial charge is 0.282 e. The van der Waals surface area contributed by atoms with Gasteiger partial charge in [0.1, 0.15) is 24.0 Å². The van der Waals surface area contributed by atoms with E-state index in [1.807, 2.05) is 50.2 Å². The van der Waals surface area contributed by atoms with Crippen molar-refractivity contribution in [3.63, 3.8) is 0 Å². The second-order valence-electron chi connectivity index (χ2n) is 7.76. The van der Waals surface area contributed by atoms with E-state index in [9.17, 15) is 9.18 Å². The highest BCUT2D eigenvalue weighted by molar-refractivity contribution is 9.10. The van der Waals surface area contributed by atoms with E-state index >= 15 is 0 Å². The molecule has 0 saturated carbocycles. The van der Waals surface area contributed by atoms with Gasteiger partial charge in [0.05, 0.1) is 17.1 Å². The van der Waals surface area contributed by atoms with Crippen LogP contribution < -0.4 is 10.3 Å². The zero-order valence-electron chi connectivity index (χ0n) is 18.3. The Morgan fingerprint density at radius 1 is 1.15 bits per heavy atom. The summed E-state index contributed by atoms with van der Waals surface area (Å²) in [5.41, 5.74) is 1.83. The molecular weight excluding hydrogens is 485 g/mol. The van der Waals surface area contributed by atoms with Crippen LogP contribution in [0.5, 0.6) is 5.75 Å². The van der Waals surface area contributed by atoms with E-state index in [0.717, 1.165) is 16.5 Å². The molecule has 0 amide bonds. The number of rotatable bonds is 7. The lowest BCUT2D eigenvalue weighted by atomic mass is 10.1. The standard InChI is InChI=1S/C26H23BrFN3O2/c1-3-17(2)25-30-23-12-11-20(27)14-22(23)26(32)31(25)29-15-19-8-4-5-10-24(19)33-16-18-7-6-9-21(28)13-18/h4-15,17H,3,16H2,1-2H3/t17-/m1/s1. The summed E-state index contributed by atoms with van der Waals surface area (Å²) in [6, 6.07) is 19.1. The Morgan fingerprint density at radius 3 is 2.76 bits per heavy atom. The van der Waals surface area contributed by atoms with Gasteiger partial charge in [-0.3, -0.25) is 4.79 Å². The number of nitrogens with zero attached hydrogens (tertiary/aromatic N) is 3. The van der Waals surface area contributed by atoms with Crippen molar-refractivity contribution in [1.29, 1.82) is 0 Å². The van der Waals surface area contributed by atoms with Crippen LogP contribution in [0.1, 0.15) is 43.1 Å². The van der Waals surface area contributed by atoms with Crippen molar-refractivity contribution in [3.05, 3.63) is 104 Å². The first-order chi connectivity index (χ1) is 16.0. The van der Waals surface area contributed by atoms with E-state index in [-0.39, 0.29) is 23.9 Å². The summed E-state index contributed by atoms with van der Waals surface area (Å²) in [5, 5.41) is 5.01. The van der Waals surface area contributed by atoms with Crippen LogP contribution in [0.4, 0.5) is 4.39 Å². The first-order valence-electron chi connectivity index (χ1n) is 10.7. The number of hydrogen-bond donors (Lipinski definition) is 0. The second kappa shape index (κ2) is 10.1. The van der Waals surface area contributed by atoms with Gasteiger partial charge in [-0.05, 0) is 54.4 Å². The topological polar surface area (TPSA) is 56.5 Å². The first kappa shape index (κ1) is 22.9. The van der Waals surface area contributed by atoms with Crippen LogP contribution in [0.3, 0.4) is 0 Å². The Hall–Kier alpha value is -3.32. The molecule has 1 heterocycles. The maximum atomic E-state index is 13.5. The molecule has 168 valence electrons. The molecule has 0 bridgehead atoms. The molecule has 0 aliphatic carbocycles. The Balaban J connectivity index is 1.71. The fraction of sp³-hybridized carbons (Fsp3) is 0.192. The molecule has 1 aromatic heterocycles. The maximum absolute atomic E-state index is 13.5. The number of fused-ring (bicyclic) bond motifs is 1. The third-order valence-electron chi connectivity index (χ3n) is 5.40. The van der Waals surface area contributed by atoms with Crippen LogP contribution in [0.25, 0.3) is 10.9 Å². The van der Waals surface area contributed by atoms with E-state index < -0.39 is 0 Å². The quantitative estimate of drug-likeness (QED) is 0.277. The highest BCUT2D eigenvalue weighted by atomic mass is 79.9. The zero-order valence-corrected chi connectivity index (χ0v) is 19.9. The van der Waals surface area contributed by atoms with Gasteiger partial charge < -0.3 is 4.74 Å². The zero-order chi connectivity index (χ0) is 23.4. The van der Waals surface area contributed by atoms with Gasteiger partial charge in [0.15, 0.2) is 0 Å². The Bertz CT molecular complexity index is 1380. The van der Waals surface area contributed by atoms with E-state index in [0.29, 0.717) is 28.0 Å². The van der Waals surface area contributed by atoms with Crippen molar-refractivity contribution < 1.29 is 9.13 Å². The van der Waals surface area contributed by atoms with Gasteiger partial charge in [0, 0.05) is 16.0 Å². The lowest BCUT2D eigenvalue weighted by Gasteiger charge is -2.14. The van der Waals surface area contributed by atoms with Gasteiger partial charge in [0.2, 0.25) is 0 Å². The molecule has 0 saturated heterocycles. The van der Waals surface area contributed by atoms with Crippen LogP contribution in [-0.4, -0.2) is 15.9 Å². The van der Waals surface area contributed by atoms with E-state index in [1.54, 1.807) is 24.4 Å². The van der Waals surface area contributed by atoms with Crippen molar-refractivity contribution in [2.75, 3.05) is 0 Å². The molecule has 0 unspecified atom stereocenters. The van der Waals surface area contributed by atoms with E-state index in [1.165, 1.54) is 16.8 Å². The van der Waals surface area contributed by atoms with Gasteiger partial charge in [-0.1, -0.05) is 54.0 Å². The molecule has 1 atom stereocenters. The number of hydrogen-bond acceptors (Lipinski definition) is 4. The minimum absolute atomic E-state index is 0.0439. The molecule has 7 heteroatoms. The SMILES string of the molecule is CC[C@@H](C)c1nc2ccc(Br)cc2c(=O)n1N=Cc1ccccc1OCc1cccc(F)c1. The highest BCUT2D eigenvalue weighted by Gasteiger charge is 2.15. The predicted molar refractivity (Wildman–Crippen MR) is 133 cm³/mol. The molecule has 4 aromatic rings. The minimum atomic E-state index is -0.307. The van der Waals surface area contributed by atoms with Gasteiger partial charge in [-0.15, -0.1) is 0 Å². The number of halogens is 2. The lowest BCUT2D eigenvalue weighted by molar-refractivity contribution is 0.305. The molecule has 33 heavy (non-hydrogen) atoms. The normalized spacial score (nSPS) is 12.4. The van der Waals surface area contributed by atoms with Gasteiger partial charge >= 0.3 is 0 Å². The number of benzene rings is 3. The fourth-order valence-electron chi connectivity index (χ4n) is 3.41. The first-order valence-corrected chi connectivity index (χ1v) is 11.5. The second-order valence-corrected chi connectivity index (χ2v) is 8.67. The monoisotopic (exact) mass is 507 g/mol. The molecule has 5 nitrogen and oxygen atoms in total. The number of aromatic nitrogens is 2. The molecule has 0 aliphatic heterocycles. The predicted octanol–water partition coefficient (Wildman–Crippen LogP) is 6.27. The maximum Gasteiger partial charge on any atom is 0.282 e. The molecular formula is C26H23BrFN3O2. The number of para-hydroxylation sites is 1. The van der Waals surface area contributed by atoms with Crippen LogP contribution in [0, 0.1) is 5.82 Å². The Kier molecular flexibility index (Phi) is 6.99. The molecule has 0 aliphatic rings. The summed E-state index contributed by atoms with van der Waals surface area (Å²) in [7, 11) is 0. The highest BCUT2D eigenvalue weighted by Crippen LogP contribution is 2.22. The summed E-state index contributed by atoms with van der Waals surface area (Å²) in [4.78, 5) is 18.0. The third-order valence-corrected chi connectivity index (χ3v) is 5.89. The minimum Gasteiger partial charge on any atom is -0.488 e. The van der Waals surface area contributed by atoms with E-state index in [2.05, 4.69) is 21.0 Å². The Labute approximate surface area is 199 Å². The molecule has 0 spiro atoms. The fourth-order valence-corrected chi connectivity index (χ4v) is 3.77. The van der Waals surface area contributed by atoms with Crippen molar-refractivity contribution in [2.45, 2.75) is 32.8 Å². The van der Waals surface area contributed by atoms with Crippen LogP contribution >= 0.6 is 15.9 Å². The molecule has 3 aromatic carbocycles. The van der Waals surface area contributed by atoms with Crippen molar-refractivity contribution in [2.24, 2.45) is 5.10 Å². The van der Waals surface area contributed by atoms with Gasteiger partial charge in [-0.25, -0.2) is 9.37 Å². The third kappa shape index (κ3) is 5.20. The number of ether oxygens (including phenoxy) is 1. The van der Waals surface area contributed by atoms with Crippen molar-refractivity contribution >= 4 is 33.0 Å². The molecule has 0 radical (unpaired) electrons. The summed E-state index contributed by atoms with van der Waals surface area (Å²) in [5.74, 6) is 0.924. The summed E-state index contributed by atoms with van der Waals surface area (Å²) in [6.07, 6.45) is 2.41. The molecule has 0 fully saturated rings. The largest absolute Gasteiger partial charge is 0.488 e. The van der Waals surface area contributed by atoms with Crippen molar-refractivity contribution in [1.82, 2.24) is 9.66 Å². The molecule has 4 rings (SSSR count). The average molecular weight is 508 g/mol. The Morgan fingerprint density at radius 2 is 1.97 bits per heavy atom. The van der Waals surface area contributed by atoms with Crippen LogP contribution in [0.2, 0.25) is 0 Å². The van der Waals surface area contributed by atoms with Gasteiger partial charge in [0.25, 0.3) is 5.56 Å². The van der Waals surface area contributed by atoms with Crippen LogP contribution in [0.15, 0.2) is 81.1 Å². The lowest BCUT2D eigenvalue weighted by Crippen LogP contribution is -2.23. The van der Waals surface area contributed by atoms with Crippen LogP contribution in [-0.2, 0) is 6.61 Å². The van der Waals surface area contributed by atoms with Gasteiger partial charge in [-0.2, -0.15) is 9.78 Å². The molecule has 0 N–H and O–H groups in total. The van der Waals surface area contributed by atoms with E-state index in [4.69, 9.17) is 9.72 Å². The average Bonchev–Trinajstić information content (AvgIpc) is 2.82. The summed E-state index contributed by atoms with van der Waals surface area (Å²) < 4.78 is 21.6.